The Hall–Kier alpha value is -2.03. The maximum absolute atomic E-state index is 12.3. The highest BCUT2D eigenvalue weighted by molar-refractivity contribution is 5.97. The predicted molar refractivity (Wildman–Crippen MR) is 93.2 cm³/mol. The molecule has 7 nitrogen and oxygen atoms in total. The Kier molecular flexibility index (Phi) is 5.55. The molecule has 9 heteroatoms. The Morgan fingerprint density at radius 1 is 1.35 bits per heavy atom. The van der Waals surface area contributed by atoms with Crippen LogP contribution in [0, 0.1) is 0 Å². The minimum Gasteiger partial charge on any atom is -0.365 e. The fourth-order valence-corrected chi connectivity index (χ4v) is 3.52. The first-order chi connectivity index (χ1) is 12.3. The van der Waals surface area contributed by atoms with E-state index in [0.717, 1.165) is 19.3 Å². The van der Waals surface area contributed by atoms with Gasteiger partial charge in [0.2, 0.25) is 5.95 Å². The molecule has 0 aromatic carbocycles. The standard InChI is InChI=1S/C17H25F2N5O2/c1-17(7-2-8-17)24-14-12(13(20)25)9-21-16(23-14)22-10-3-5-11(6-4-10)26-15(18)19/h9-11,15H,2-8H2,1H3,(H2,20,25)(H2,21,22,23,24). The Balaban J connectivity index is 1.64. The third-order valence-corrected chi connectivity index (χ3v) is 5.23. The van der Waals surface area contributed by atoms with Gasteiger partial charge >= 0.3 is 6.61 Å². The van der Waals surface area contributed by atoms with Crippen molar-refractivity contribution in [2.45, 2.75) is 76.2 Å². The molecule has 0 spiro atoms. The molecule has 0 atom stereocenters. The molecule has 2 aliphatic carbocycles. The molecule has 1 aromatic heterocycles. The smallest absolute Gasteiger partial charge is 0.345 e. The Morgan fingerprint density at radius 3 is 2.58 bits per heavy atom. The van der Waals surface area contributed by atoms with E-state index in [2.05, 4.69) is 32.3 Å². The summed E-state index contributed by atoms with van der Waals surface area (Å²) in [5.41, 5.74) is 5.61. The van der Waals surface area contributed by atoms with Crippen molar-refractivity contribution in [3.05, 3.63) is 11.8 Å². The zero-order valence-corrected chi connectivity index (χ0v) is 14.8. The van der Waals surface area contributed by atoms with Crippen molar-refractivity contribution in [1.82, 2.24) is 9.97 Å². The van der Waals surface area contributed by atoms with Crippen molar-refractivity contribution < 1.29 is 18.3 Å². The van der Waals surface area contributed by atoms with Crippen LogP contribution in [0.1, 0.15) is 62.2 Å². The van der Waals surface area contributed by atoms with Gasteiger partial charge in [-0.05, 0) is 51.9 Å². The maximum atomic E-state index is 12.3. The van der Waals surface area contributed by atoms with Gasteiger partial charge in [0.25, 0.3) is 5.91 Å². The lowest BCUT2D eigenvalue weighted by Gasteiger charge is -2.40. The number of amides is 1. The normalized spacial score (nSPS) is 24.8. The molecule has 3 rings (SSSR count). The van der Waals surface area contributed by atoms with Crippen LogP contribution in [0.2, 0.25) is 0 Å². The summed E-state index contributed by atoms with van der Waals surface area (Å²) in [6.45, 7) is -0.642. The number of nitrogens with one attached hydrogen (secondary N) is 2. The number of anilines is 2. The van der Waals surface area contributed by atoms with Gasteiger partial charge in [-0.3, -0.25) is 4.79 Å². The van der Waals surface area contributed by atoms with Gasteiger partial charge in [-0.15, -0.1) is 0 Å². The first-order valence-corrected chi connectivity index (χ1v) is 9.00. The van der Waals surface area contributed by atoms with E-state index in [4.69, 9.17) is 5.73 Å². The quantitative estimate of drug-likeness (QED) is 0.683. The highest BCUT2D eigenvalue weighted by Crippen LogP contribution is 2.35. The summed E-state index contributed by atoms with van der Waals surface area (Å²) < 4.78 is 29.1. The zero-order chi connectivity index (χ0) is 18.7. The average Bonchev–Trinajstić information content (AvgIpc) is 2.55. The number of rotatable bonds is 7. The number of halogens is 2. The van der Waals surface area contributed by atoms with Crippen molar-refractivity contribution in [3.8, 4) is 0 Å². The van der Waals surface area contributed by atoms with Gasteiger partial charge in [-0.1, -0.05) is 0 Å². The molecule has 0 saturated heterocycles. The molecule has 0 bridgehead atoms. The number of alkyl halides is 2. The Labute approximate surface area is 151 Å². The fourth-order valence-electron chi connectivity index (χ4n) is 3.52. The number of hydrogen-bond acceptors (Lipinski definition) is 6. The van der Waals surface area contributed by atoms with Crippen LogP contribution in [-0.2, 0) is 4.74 Å². The van der Waals surface area contributed by atoms with Crippen LogP contribution in [0.4, 0.5) is 20.5 Å². The number of carbonyl (C=O) groups excluding carboxylic acids is 1. The maximum Gasteiger partial charge on any atom is 0.345 e. The summed E-state index contributed by atoms with van der Waals surface area (Å²) in [7, 11) is 0. The van der Waals surface area contributed by atoms with Gasteiger partial charge in [0.05, 0.1) is 11.7 Å². The summed E-state index contributed by atoms with van der Waals surface area (Å²) in [4.78, 5) is 20.3. The molecule has 26 heavy (non-hydrogen) atoms. The molecular weight excluding hydrogens is 344 g/mol. The zero-order valence-electron chi connectivity index (χ0n) is 14.8. The number of nitrogens with zero attached hydrogens (tertiary/aromatic N) is 2. The second-order valence-corrected chi connectivity index (χ2v) is 7.37. The van der Waals surface area contributed by atoms with Crippen LogP contribution >= 0.6 is 0 Å². The first kappa shape index (κ1) is 18.8. The van der Waals surface area contributed by atoms with E-state index in [-0.39, 0.29) is 17.1 Å². The molecule has 0 radical (unpaired) electrons. The SMILES string of the molecule is CC1(Nc2nc(NC3CCC(OC(F)F)CC3)ncc2C(N)=O)CCC1. The number of hydrogen-bond donors (Lipinski definition) is 3. The van der Waals surface area contributed by atoms with Gasteiger partial charge in [0, 0.05) is 17.8 Å². The average molecular weight is 369 g/mol. The van der Waals surface area contributed by atoms with E-state index >= 15 is 0 Å². The number of primary amides is 1. The van der Waals surface area contributed by atoms with E-state index < -0.39 is 18.6 Å². The number of carbonyl (C=O) groups is 1. The van der Waals surface area contributed by atoms with Gasteiger partial charge in [-0.2, -0.15) is 13.8 Å². The summed E-state index contributed by atoms with van der Waals surface area (Å²) >= 11 is 0. The van der Waals surface area contributed by atoms with Gasteiger partial charge in [0.15, 0.2) is 0 Å². The van der Waals surface area contributed by atoms with Crippen LogP contribution in [0.5, 0.6) is 0 Å². The predicted octanol–water partition coefficient (Wildman–Crippen LogP) is 2.89. The molecule has 1 heterocycles. The Bertz CT molecular complexity index is 646. The van der Waals surface area contributed by atoms with Crippen molar-refractivity contribution >= 4 is 17.7 Å². The number of ether oxygens (including phenoxy) is 1. The summed E-state index contributed by atoms with van der Waals surface area (Å²) in [5.74, 6) is 0.261. The van der Waals surface area contributed by atoms with Gasteiger partial charge < -0.3 is 21.1 Å². The molecule has 2 saturated carbocycles. The Morgan fingerprint density at radius 2 is 2.04 bits per heavy atom. The van der Waals surface area contributed by atoms with E-state index in [9.17, 15) is 13.6 Å². The van der Waals surface area contributed by atoms with E-state index in [1.807, 2.05) is 0 Å². The lowest BCUT2D eigenvalue weighted by Crippen LogP contribution is -2.42. The number of nitrogens with two attached hydrogens (primary N) is 1. The van der Waals surface area contributed by atoms with E-state index in [0.29, 0.717) is 37.4 Å². The molecule has 144 valence electrons. The molecule has 0 aliphatic heterocycles. The second kappa shape index (κ2) is 7.69. The van der Waals surface area contributed by atoms with Crippen LogP contribution in [0.25, 0.3) is 0 Å². The molecule has 2 aliphatic rings. The lowest BCUT2D eigenvalue weighted by atomic mass is 9.78. The summed E-state index contributed by atoms with van der Waals surface area (Å²) in [6, 6.07) is 0.0825. The third kappa shape index (κ3) is 4.57. The lowest BCUT2D eigenvalue weighted by molar-refractivity contribution is -0.169. The highest BCUT2D eigenvalue weighted by Gasteiger charge is 2.33. The van der Waals surface area contributed by atoms with Gasteiger partial charge in [-0.25, -0.2) is 4.98 Å². The largest absolute Gasteiger partial charge is 0.365 e. The highest BCUT2D eigenvalue weighted by atomic mass is 19.3. The van der Waals surface area contributed by atoms with Crippen molar-refractivity contribution in [2.75, 3.05) is 10.6 Å². The summed E-state index contributed by atoms with van der Waals surface area (Å²) in [5, 5.41) is 6.54. The minimum atomic E-state index is -2.73. The van der Waals surface area contributed by atoms with Gasteiger partial charge in [0.1, 0.15) is 5.82 Å². The van der Waals surface area contributed by atoms with Crippen LogP contribution in [0.3, 0.4) is 0 Å². The van der Waals surface area contributed by atoms with Crippen molar-refractivity contribution in [3.63, 3.8) is 0 Å². The van der Waals surface area contributed by atoms with Crippen LogP contribution < -0.4 is 16.4 Å². The molecule has 4 N–H and O–H groups in total. The number of aromatic nitrogens is 2. The molecular formula is C17H25F2N5O2. The van der Waals surface area contributed by atoms with E-state index in [1.54, 1.807) is 0 Å². The van der Waals surface area contributed by atoms with Crippen molar-refractivity contribution in [1.29, 1.82) is 0 Å². The van der Waals surface area contributed by atoms with Crippen LogP contribution in [0.15, 0.2) is 6.20 Å². The second-order valence-electron chi connectivity index (χ2n) is 7.37. The van der Waals surface area contributed by atoms with Crippen molar-refractivity contribution in [2.24, 2.45) is 5.73 Å². The minimum absolute atomic E-state index is 0.0825. The molecule has 0 unspecified atom stereocenters. The van der Waals surface area contributed by atoms with E-state index in [1.165, 1.54) is 6.20 Å². The topological polar surface area (TPSA) is 102 Å². The first-order valence-electron chi connectivity index (χ1n) is 9.00. The molecule has 1 aromatic rings. The van der Waals surface area contributed by atoms with Crippen LogP contribution in [-0.4, -0.2) is 40.2 Å². The monoisotopic (exact) mass is 369 g/mol. The fraction of sp³-hybridized carbons (Fsp3) is 0.706. The molecule has 1 amide bonds. The third-order valence-electron chi connectivity index (χ3n) is 5.23. The summed E-state index contributed by atoms with van der Waals surface area (Å²) in [6.07, 6.45) is 6.68. The molecule has 2 fully saturated rings.